The Balaban J connectivity index is 1.75. The molecular formula is C27H25FN2O. The molecule has 1 amide bonds. The molecule has 5 rings (SSSR count). The lowest BCUT2D eigenvalue weighted by atomic mass is 9.93. The number of fused-ring (bicyclic) bond motifs is 2. The van der Waals surface area contributed by atoms with Crippen LogP contribution < -0.4 is 0 Å². The number of nitrogens with one attached hydrogen (secondary N) is 1. The maximum absolute atomic E-state index is 13.6. The molecule has 1 aliphatic heterocycles. The minimum atomic E-state index is -0.263. The molecule has 0 bridgehead atoms. The van der Waals surface area contributed by atoms with E-state index in [0.717, 1.165) is 45.3 Å². The molecule has 1 unspecified atom stereocenters. The topological polar surface area (TPSA) is 36.1 Å². The van der Waals surface area contributed by atoms with Crippen LogP contribution in [0.4, 0.5) is 4.39 Å². The highest BCUT2D eigenvalue weighted by molar-refractivity contribution is 6.02. The molecule has 1 aromatic heterocycles. The highest BCUT2D eigenvalue weighted by Gasteiger charge is 2.39. The van der Waals surface area contributed by atoms with Gasteiger partial charge in [0.2, 0.25) is 0 Å². The summed E-state index contributed by atoms with van der Waals surface area (Å²) in [5.41, 5.74) is 5.73. The maximum Gasteiger partial charge on any atom is 0.255 e. The summed E-state index contributed by atoms with van der Waals surface area (Å²) in [6, 6.07) is 22.4. The summed E-state index contributed by atoms with van der Waals surface area (Å²) in [4.78, 5) is 19.0. The average molecular weight is 413 g/mol. The van der Waals surface area contributed by atoms with Crippen molar-refractivity contribution in [3.05, 3.63) is 95.3 Å². The van der Waals surface area contributed by atoms with E-state index in [2.05, 4.69) is 31.0 Å². The fraction of sp³-hybridized carbons (Fsp3) is 0.222. The van der Waals surface area contributed by atoms with Crippen molar-refractivity contribution in [3.63, 3.8) is 0 Å². The molecule has 1 atom stereocenters. The van der Waals surface area contributed by atoms with Crippen LogP contribution in [0.2, 0.25) is 0 Å². The van der Waals surface area contributed by atoms with Crippen molar-refractivity contribution >= 4 is 16.8 Å². The number of benzene rings is 3. The van der Waals surface area contributed by atoms with Crippen LogP contribution in [0.1, 0.15) is 47.8 Å². The largest absolute Gasteiger partial charge is 0.354 e. The fourth-order valence-corrected chi connectivity index (χ4v) is 4.60. The summed E-state index contributed by atoms with van der Waals surface area (Å²) in [6.45, 7) is 5.05. The molecule has 0 fully saturated rings. The van der Waals surface area contributed by atoms with Gasteiger partial charge in [-0.2, -0.15) is 0 Å². The lowest BCUT2D eigenvalue weighted by Crippen LogP contribution is -2.30. The van der Waals surface area contributed by atoms with Crippen molar-refractivity contribution in [1.29, 1.82) is 0 Å². The molecule has 2 heterocycles. The summed E-state index contributed by atoms with van der Waals surface area (Å²) < 4.78 is 13.6. The summed E-state index contributed by atoms with van der Waals surface area (Å²) in [6.07, 6.45) is 0.935. The highest BCUT2D eigenvalue weighted by atomic mass is 19.1. The number of H-pyrrole nitrogens is 1. The second-order valence-corrected chi connectivity index (χ2v) is 8.64. The van der Waals surface area contributed by atoms with Crippen LogP contribution in [-0.2, 0) is 0 Å². The first kappa shape index (κ1) is 19.6. The number of carbonyl (C=O) groups is 1. The fourth-order valence-electron chi connectivity index (χ4n) is 4.60. The zero-order valence-electron chi connectivity index (χ0n) is 17.7. The van der Waals surface area contributed by atoms with Gasteiger partial charge in [0.05, 0.1) is 11.7 Å². The van der Waals surface area contributed by atoms with Crippen molar-refractivity contribution in [2.75, 3.05) is 6.54 Å². The monoisotopic (exact) mass is 412 g/mol. The van der Waals surface area contributed by atoms with Gasteiger partial charge in [0.1, 0.15) is 5.82 Å². The summed E-state index contributed by atoms with van der Waals surface area (Å²) >= 11 is 0. The Kier molecular flexibility index (Phi) is 4.85. The van der Waals surface area contributed by atoms with Gasteiger partial charge < -0.3 is 9.88 Å². The molecule has 0 spiro atoms. The Labute approximate surface area is 181 Å². The Morgan fingerprint density at radius 1 is 0.968 bits per heavy atom. The first-order valence-corrected chi connectivity index (χ1v) is 10.8. The second kappa shape index (κ2) is 7.69. The average Bonchev–Trinajstić information content (AvgIpc) is 3.28. The van der Waals surface area contributed by atoms with E-state index < -0.39 is 0 Å². The van der Waals surface area contributed by atoms with Gasteiger partial charge in [0.25, 0.3) is 5.91 Å². The van der Waals surface area contributed by atoms with Crippen LogP contribution in [0.25, 0.3) is 22.2 Å². The van der Waals surface area contributed by atoms with Crippen LogP contribution in [0.5, 0.6) is 0 Å². The number of rotatable bonds is 5. The number of halogens is 1. The molecule has 1 aliphatic rings. The van der Waals surface area contributed by atoms with Gasteiger partial charge in [0.15, 0.2) is 0 Å². The number of hydrogen-bond acceptors (Lipinski definition) is 1. The predicted molar refractivity (Wildman–Crippen MR) is 122 cm³/mol. The molecule has 4 aromatic rings. The molecule has 0 aliphatic carbocycles. The Hall–Kier alpha value is -3.40. The normalized spacial score (nSPS) is 15.8. The molecule has 0 saturated carbocycles. The summed E-state index contributed by atoms with van der Waals surface area (Å²) in [5, 5.41) is 1.09. The molecule has 3 aromatic carbocycles. The number of aromatic amines is 1. The Morgan fingerprint density at radius 3 is 2.45 bits per heavy atom. The third kappa shape index (κ3) is 3.32. The van der Waals surface area contributed by atoms with Crippen LogP contribution in [-0.4, -0.2) is 22.3 Å². The molecule has 0 saturated heterocycles. The van der Waals surface area contributed by atoms with E-state index >= 15 is 0 Å². The standard InChI is InChI=1S/C27H25FN2O/c1-17(2)15-16-30-26(20-7-3-4-8-21(20)27(30)31)24-22-9-5-6-10-23(22)29-25(24)18-11-13-19(28)14-12-18/h3-14,17,26,29H,15-16H2,1-2H3. The van der Waals surface area contributed by atoms with Crippen molar-refractivity contribution in [1.82, 2.24) is 9.88 Å². The number of aromatic nitrogens is 1. The highest BCUT2D eigenvalue weighted by Crippen LogP contribution is 2.45. The van der Waals surface area contributed by atoms with E-state index in [1.54, 1.807) is 12.1 Å². The number of carbonyl (C=O) groups excluding carboxylic acids is 1. The molecular weight excluding hydrogens is 387 g/mol. The third-order valence-electron chi connectivity index (χ3n) is 6.16. The second-order valence-electron chi connectivity index (χ2n) is 8.64. The number of nitrogens with zero attached hydrogens (tertiary/aromatic N) is 1. The van der Waals surface area contributed by atoms with E-state index in [4.69, 9.17) is 0 Å². The van der Waals surface area contributed by atoms with E-state index in [9.17, 15) is 9.18 Å². The van der Waals surface area contributed by atoms with Gasteiger partial charge in [-0.15, -0.1) is 0 Å². The smallest absolute Gasteiger partial charge is 0.255 e. The van der Waals surface area contributed by atoms with E-state index in [1.807, 2.05) is 41.3 Å². The van der Waals surface area contributed by atoms with Crippen molar-refractivity contribution in [2.45, 2.75) is 26.3 Å². The first-order valence-electron chi connectivity index (χ1n) is 10.8. The predicted octanol–water partition coefficient (Wildman–Crippen LogP) is 6.57. The maximum atomic E-state index is 13.6. The molecule has 0 radical (unpaired) electrons. The van der Waals surface area contributed by atoms with E-state index in [0.29, 0.717) is 12.5 Å². The quantitative estimate of drug-likeness (QED) is 0.396. The van der Waals surface area contributed by atoms with Gasteiger partial charge >= 0.3 is 0 Å². The Bertz CT molecular complexity index is 1260. The third-order valence-corrected chi connectivity index (χ3v) is 6.16. The van der Waals surface area contributed by atoms with Gasteiger partial charge in [-0.25, -0.2) is 4.39 Å². The number of para-hydroxylation sites is 1. The number of amides is 1. The summed E-state index contributed by atoms with van der Waals surface area (Å²) in [5.74, 6) is 0.314. The molecule has 31 heavy (non-hydrogen) atoms. The van der Waals surface area contributed by atoms with Crippen molar-refractivity contribution in [3.8, 4) is 11.3 Å². The lowest BCUT2D eigenvalue weighted by Gasteiger charge is -2.27. The molecule has 156 valence electrons. The molecule has 4 heteroatoms. The first-order chi connectivity index (χ1) is 15.0. The SMILES string of the molecule is CC(C)CCN1C(=O)c2ccccc2C1c1c(-c2ccc(F)cc2)[nH]c2ccccc12. The van der Waals surface area contributed by atoms with Crippen molar-refractivity contribution < 1.29 is 9.18 Å². The van der Waals surface area contributed by atoms with Crippen LogP contribution in [0.3, 0.4) is 0 Å². The molecule has 1 N–H and O–H groups in total. The van der Waals surface area contributed by atoms with Crippen LogP contribution in [0.15, 0.2) is 72.8 Å². The van der Waals surface area contributed by atoms with Crippen molar-refractivity contribution in [2.24, 2.45) is 5.92 Å². The van der Waals surface area contributed by atoms with Crippen LogP contribution in [0, 0.1) is 11.7 Å². The van der Waals surface area contributed by atoms with E-state index in [1.165, 1.54) is 12.1 Å². The summed E-state index contributed by atoms with van der Waals surface area (Å²) in [7, 11) is 0. The van der Waals surface area contributed by atoms with Gasteiger partial charge in [0, 0.05) is 28.6 Å². The number of hydrogen-bond donors (Lipinski definition) is 1. The van der Waals surface area contributed by atoms with Gasteiger partial charge in [-0.1, -0.05) is 50.2 Å². The van der Waals surface area contributed by atoms with E-state index in [-0.39, 0.29) is 17.8 Å². The lowest BCUT2D eigenvalue weighted by molar-refractivity contribution is 0.0743. The zero-order chi connectivity index (χ0) is 21.5. The minimum absolute atomic E-state index is 0.0802. The Morgan fingerprint density at radius 2 is 1.68 bits per heavy atom. The van der Waals surface area contributed by atoms with Gasteiger partial charge in [-0.05, 0) is 59.9 Å². The molecule has 3 nitrogen and oxygen atoms in total. The van der Waals surface area contributed by atoms with Crippen LogP contribution >= 0.6 is 0 Å². The minimum Gasteiger partial charge on any atom is -0.354 e. The zero-order valence-corrected chi connectivity index (χ0v) is 17.7. The van der Waals surface area contributed by atoms with Gasteiger partial charge in [-0.3, -0.25) is 4.79 Å².